The van der Waals surface area contributed by atoms with Gasteiger partial charge in [-0.1, -0.05) is 58.4 Å². The zero-order chi connectivity index (χ0) is 20.4. The molecule has 1 aliphatic heterocycles. The fraction of sp³-hybridized carbons (Fsp3) is 0.174. The molecule has 4 nitrogen and oxygen atoms in total. The third-order valence-electron chi connectivity index (χ3n) is 5.10. The van der Waals surface area contributed by atoms with Gasteiger partial charge in [0.25, 0.3) is 0 Å². The van der Waals surface area contributed by atoms with Gasteiger partial charge in [-0.25, -0.2) is 4.39 Å². The number of hydrogen-bond donors (Lipinski definition) is 1. The SMILES string of the molecule is COC(=O)CN1[C@@H](c2ccccc2)c2cc(Br)ccc2N[C@@H]1c1ccc(F)cc1. The van der Waals surface area contributed by atoms with E-state index in [1.54, 1.807) is 12.1 Å². The van der Waals surface area contributed by atoms with E-state index in [4.69, 9.17) is 4.74 Å². The van der Waals surface area contributed by atoms with E-state index in [0.29, 0.717) is 0 Å². The second-order valence-corrected chi connectivity index (χ2v) is 7.81. The van der Waals surface area contributed by atoms with E-state index >= 15 is 0 Å². The Kier molecular flexibility index (Phi) is 5.65. The van der Waals surface area contributed by atoms with Crippen LogP contribution in [0.25, 0.3) is 0 Å². The summed E-state index contributed by atoms with van der Waals surface area (Å²) in [7, 11) is 1.38. The maximum absolute atomic E-state index is 13.5. The number of halogens is 2. The van der Waals surface area contributed by atoms with Crippen LogP contribution in [0.4, 0.5) is 10.1 Å². The van der Waals surface area contributed by atoms with Gasteiger partial charge in [0.05, 0.1) is 19.7 Å². The molecule has 0 aromatic heterocycles. The molecule has 0 amide bonds. The summed E-state index contributed by atoms with van der Waals surface area (Å²) in [5.41, 5.74) is 3.94. The van der Waals surface area contributed by atoms with Crippen molar-refractivity contribution in [3.8, 4) is 0 Å². The number of rotatable bonds is 4. The summed E-state index contributed by atoms with van der Waals surface area (Å²) < 4.78 is 19.5. The number of benzene rings is 3. The molecular weight excluding hydrogens is 435 g/mol. The number of carbonyl (C=O) groups is 1. The number of fused-ring (bicyclic) bond motifs is 1. The molecule has 2 atom stereocenters. The van der Waals surface area contributed by atoms with Crippen molar-refractivity contribution >= 4 is 27.6 Å². The second kappa shape index (κ2) is 8.35. The van der Waals surface area contributed by atoms with Crippen LogP contribution in [0.2, 0.25) is 0 Å². The predicted octanol–water partition coefficient (Wildman–Crippen LogP) is 5.28. The number of nitrogens with zero attached hydrogens (tertiary/aromatic N) is 1. The van der Waals surface area contributed by atoms with Crippen molar-refractivity contribution in [2.24, 2.45) is 0 Å². The topological polar surface area (TPSA) is 41.6 Å². The number of methoxy groups -OCH3 is 1. The fourth-order valence-corrected chi connectivity index (χ4v) is 4.15. The van der Waals surface area contributed by atoms with Crippen molar-refractivity contribution in [2.45, 2.75) is 12.2 Å². The van der Waals surface area contributed by atoms with E-state index in [9.17, 15) is 9.18 Å². The maximum Gasteiger partial charge on any atom is 0.319 e. The zero-order valence-electron chi connectivity index (χ0n) is 15.8. The number of ether oxygens (including phenoxy) is 1. The molecule has 0 saturated heterocycles. The Hall–Kier alpha value is -2.70. The lowest BCUT2D eigenvalue weighted by Crippen LogP contribution is -2.44. The van der Waals surface area contributed by atoms with Crippen LogP contribution in [0, 0.1) is 5.82 Å². The highest BCUT2D eigenvalue weighted by Crippen LogP contribution is 2.44. The Bertz CT molecular complexity index is 1010. The quantitative estimate of drug-likeness (QED) is 0.544. The minimum Gasteiger partial charge on any atom is -0.468 e. The van der Waals surface area contributed by atoms with Crippen LogP contribution >= 0.6 is 15.9 Å². The molecule has 3 aromatic carbocycles. The summed E-state index contributed by atoms with van der Waals surface area (Å²) >= 11 is 3.56. The molecule has 1 N–H and O–H groups in total. The third kappa shape index (κ3) is 4.04. The monoisotopic (exact) mass is 454 g/mol. The summed E-state index contributed by atoms with van der Waals surface area (Å²) in [5.74, 6) is -0.633. The summed E-state index contributed by atoms with van der Waals surface area (Å²) in [6.45, 7) is 0.0804. The van der Waals surface area contributed by atoms with Gasteiger partial charge >= 0.3 is 5.97 Å². The van der Waals surface area contributed by atoms with Gasteiger partial charge in [-0.3, -0.25) is 9.69 Å². The molecule has 29 heavy (non-hydrogen) atoms. The van der Waals surface area contributed by atoms with Crippen molar-refractivity contribution in [3.05, 3.63) is 99.8 Å². The molecule has 3 aromatic rings. The molecule has 148 valence electrons. The molecule has 1 aliphatic rings. The standard InChI is InChI=1S/C23H20BrFN2O2/c1-29-21(28)14-27-22(15-5-3-2-4-6-15)19-13-17(24)9-12-20(19)26-23(27)16-7-10-18(25)11-8-16/h2-13,22-23,26H,14H2,1H3/t22-,23-/m0/s1. The van der Waals surface area contributed by atoms with Crippen molar-refractivity contribution in [3.63, 3.8) is 0 Å². The molecule has 1 heterocycles. The zero-order valence-corrected chi connectivity index (χ0v) is 17.4. The molecule has 0 unspecified atom stereocenters. The average molecular weight is 455 g/mol. The van der Waals surface area contributed by atoms with Crippen LogP contribution in [0.1, 0.15) is 28.9 Å². The molecule has 0 aliphatic carbocycles. The molecule has 6 heteroatoms. The summed E-state index contributed by atoms with van der Waals surface area (Å²) in [5, 5.41) is 3.51. The molecule has 0 fully saturated rings. The molecule has 0 spiro atoms. The lowest BCUT2D eigenvalue weighted by Gasteiger charge is -2.44. The van der Waals surface area contributed by atoms with E-state index in [1.165, 1.54) is 19.2 Å². The van der Waals surface area contributed by atoms with Gasteiger partial charge in [0.2, 0.25) is 0 Å². The molecule has 4 rings (SSSR count). The number of carbonyl (C=O) groups excluding carboxylic acids is 1. The van der Waals surface area contributed by atoms with Gasteiger partial charge in [0, 0.05) is 10.2 Å². The largest absolute Gasteiger partial charge is 0.468 e. The Labute approximate surface area is 177 Å². The van der Waals surface area contributed by atoms with Crippen molar-refractivity contribution in [1.29, 1.82) is 0 Å². The average Bonchev–Trinajstić information content (AvgIpc) is 2.74. The first-order chi connectivity index (χ1) is 14.1. The second-order valence-electron chi connectivity index (χ2n) is 6.89. The smallest absolute Gasteiger partial charge is 0.319 e. The van der Waals surface area contributed by atoms with Crippen LogP contribution in [-0.2, 0) is 9.53 Å². The van der Waals surface area contributed by atoms with Gasteiger partial charge in [-0.15, -0.1) is 0 Å². The summed E-state index contributed by atoms with van der Waals surface area (Å²) in [4.78, 5) is 14.4. The minimum absolute atomic E-state index is 0.0804. The molecule has 0 saturated carbocycles. The highest BCUT2D eigenvalue weighted by atomic mass is 79.9. The fourth-order valence-electron chi connectivity index (χ4n) is 3.77. The van der Waals surface area contributed by atoms with Crippen LogP contribution in [0.5, 0.6) is 0 Å². The van der Waals surface area contributed by atoms with Gasteiger partial charge in [-0.2, -0.15) is 0 Å². The maximum atomic E-state index is 13.5. The van der Waals surface area contributed by atoms with Crippen LogP contribution in [-0.4, -0.2) is 24.5 Å². The summed E-state index contributed by atoms with van der Waals surface area (Å²) in [6.07, 6.45) is -0.325. The highest BCUT2D eigenvalue weighted by molar-refractivity contribution is 9.10. The van der Waals surface area contributed by atoms with Gasteiger partial charge < -0.3 is 10.1 Å². The Morgan fingerprint density at radius 1 is 1.07 bits per heavy atom. The molecular formula is C23H20BrFN2O2. The van der Waals surface area contributed by atoms with E-state index in [2.05, 4.69) is 27.3 Å². The van der Waals surface area contributed by atoms with Crippen LogP contribution < -0.4 is 5.32 Å². The van der Waals surface area contributed by atoms with Crippen molar-refractivity contribution in [2.75, 3.05) is 19.0 Å². The lowest BCUT2D eigenvalue weighted by molar-refractivity contribution is -0.143. The van der Waals surface area contributed by atoms with Crippen LogP contribution in [0.15, 0.2) is 77.3 Å². The normalized spacial score (nSPS) is 18.6. The summed E-state index contributed by atoms with van der Waals surface area (Å²) in [6, 6.07) is 22.2. The Morgan fingerprint density at radius 3 is 2.48 bits per heavy atom. The first-order valence-corrected chi connectivity index (χ1v) is 10.0. The van der Waals surface area contributed by atoms with Gasteiger partial charge in [0.1, 0.15) is 12.0 Å². The first kappa shape index (κ1) is 19.6. The van der Waals surface area contributed by atoms with E-state index in [0.717, 1.165) is 26.9 Å². The third-order valence-corrected chi connectivity index (χ3v) is 5.60. The number of nitrogens with one attached hydrogen (secondary N) is 1. The Balaban J connectivity index is 1.88. The van der Waals surface area contributed by atoms with E-state index < -0.39 is 0 Å². The Morgan fingerprint density at radius 2 is 1.79 bits per heavy atom. The highest BCUT2D eigenvalue weighted by Gasteiger charge is 2.37. The van der Waals surface area contributed by atoms with Crippen molar-refractivity contribution < 1.29 is 13.9 Å². The van der Waals surface area contributed by atoms with Gasteiger partial charge in [0.15, 0.2) is 0 Å². The lowest BCUT2D eigenvalue weighted by atomic mass is 9.91. The van der Waals surface area contributed by atoms with Crippen LogP contribution in [0.3, 0.4) is 0 Å². The van der Waals surface area contributed by atoms with Gasteiger partial charge in [-0.05, 0) is 47.0 Å². The number of esters is 1. The van der Waals surface area contributed by atoms with Crippen molar-refractivity contribution in [1.82, 2.24) is 4.90 Å². The number of hydrogen-bond acceptors (Lipinski definition) is 4. The number of anilines is 1. The minimum atomic E-state index is -0.335. The van der Waals surface area contributed by atoms with E-state index in [1.807, 2.05) is 47.4 Å². The molecule has 0 radical (unpaired) electrons. The predicted molar refractivity (Wildman–Crippen MR) is 114 cm³/mol. The first-order valence-electron chi connectivity index (χ1n) is 9.26. The molecule has 0 bridgehead atoms. The van der Waals surface area contributed by atoms with E-state index in [-0.39, 0.29) is 30.5 Å².